The zero-order valence-corrected chi connectivity index (χ0v) is 17.8. The van der Waals surface area contributed by atoms with Crippen LogP contribution < -0.4 is 0 Å². The highest BCUT2D eigenvalue weighted by Gasteiger charge is 2.25. The Bertz CT molecular complexity index is 1080. The van der Waals surface area contributed by atoms with Crippen molar-refractivity contribution in [2.24, 2.45) is 0 Å². The first kappa shape index (κ1) is 20.8. The molecule has 31 heavy (non-hydrogen) atoms. The highest BCUT2D eigenvalue weighted by molar-refractivity contribution is 5.86. The number of rotatable bonds is 8. The van der Waals surface area contributed by atoms with Crippen LogP contribution in [-0.4, -0.2) is 24.5 Å². The van der Waals surface area contributed by atoms with Gasteiger partial charge in [-0.1, -0.05) is 103 Å². The Morgan fingerprint density at radius 1 is 0.742 bits per heavy atom. The molecule has 0 radical (unpaired) electrons. The molecular formula is C28H27NO2. The molecule has 4 aromatic carbocycles. The van der Waals surface area contributed by atoms with E-state index in [1.165, 1.54) is 23.6 Å². The van der Waals surface area contributed by atoms with E-state index in [9.17, 15) is 4.79 Å². The summed E-state index contributed by atoms with van der Waals surface area (Å²) in [4.78, 5) is 15.2. The molecule has 0 bridgehead atoms. The summed E-state index contributed by atoms with van der Waals surface area (Å²) in [6.45, 7) is 2.10. The average molecular weight is 410 g/mol. The number of carbonyl (C=O) groups is 1. The van der Waals surface area contributed by atoms with E-state index >= 15 is 0 Å². The van der Waals surface area contributed by atoms with Gasteiger partial charge < -0.3 is 4.74 Å². The van der Waals surface area contributed by atoms with Gasteiger partial charge in [-0.3, -0.25) is 9.69 Å². The molecule has 3 nitrogen and oxygen atoms in total. The molecule has 0 unspecified atom stereocenters. The maximum Gasteiger partial charge on any atom is 0.314 e. The van der Waals surface area contributed by atoms with E-state index in [0.29, 0.717) is 6.54 Å². The number of hydrogen-bond acceptors (Lipinski definition) is 3. The van der Waals surface area contributed by atoms with Gasteiger partial charge in [-0.15, -0.1) is 0 Å². The molecule has 0 spiro atoms. The third kappa shape index (κ3) is 5.39. The maximum absolute atomic E-state index is 12.8. The molecule has 0 fully saturated rings. The molecular weight excluding hydrogens is 382 g/mol. The third-order valence-electron chi connectivity index (χ3n) is 5.60. The van der Waals surface area contributed by atoms with Gasteiger partial charge in [0, 0.05) is 19.6 Å². The summed E-state index contributed by atoms with van der Waals surface area (Å²) in [7, 11) is 1.47. The van der Waals surface area contributed by atoms with E-state index in [-0.39, 0.29) is 11.9 Å². The Hall–Kier alpha value is -3.43. The second-order valence-corrected chi connectivity index (χ2v) is 7.82. The number of carbonyl (C=O) groups excluding carboxylic acids is 1. The first-order valence-corrected chi connectivity index (χ1v) is 10.6. The third-order valence-corrected chi connectivity index (χ3v) is 5.60. The van der Waals surface area contributed by atoms with Crippen LogP contribution in [-0.2, 0) is 22.6 Å². The number of fused-ring (bicyclic) bond motifs is 1. The molecule has 0 N–H and O–H groups in total. The first-order valence-electron chi connectivity index (χ1n) is 10.6. The molecule has 1 atom stereocenters. The van der Waals surface area contributed by atoms with Crippen LogP contribution in [0.2, 0.25) is 0 Å². The largest absolute Gasteiger partial charge is 0.469 e. The number of nitrogens with zero attached hydrogens (tertiary/aromatic N) is 1. The van der Waals surface area contributed by atoms with Crippen LogP contribution in [0.4, 0.5) is 0 Å². The second-order valence-electron chi connectivity index (χ2n) is 7.82. The standard InChI is InChI=1S/C28H27NO2/c1-31-28(30)27(26-17-16-24-14-8-9-15-25(24)18-26)21-29(19-22-10-4-2-5-11-22)20-23-12-6-3-7-13-23/h2-18,27H,19-21H2,1H3/t27-/m1/s1. The summed E-state index contributed by atoms with van der Waals surface area (Å²) in [5.41, 5.74) is 3.43. The van der Waals surface area contributed by atoms with Crippen LogP contribution in [0.3, 0.4) is 0 Å². The zero-order chi connectivity index (χ0) is 21.5. The van der Waals surface area contributed by atoms with Crippen molar-refractivity contribution >= 4 is 16.7 Å². The molecule has 0 aliphatic carbocycles. The van der Waals surface area contributed by atoms with Gasteiger partial charge in [-0.2, -0.15) is 0 Å². The fraction of sp³-hybridized carbons (Fsp3) is 0.179. The molecule has 0 amide bonds. The van der Waals surface area contributed by atoms with Crippen molar-refractivity contribution in [1.29, 1.82) is 0 Å². The Labute approximate surface area is 183 Å². The lowest BCUT2D eigenvalue weighted by atomic mass is 9.95. The molecule has 0 heterocycles. The Morgan fingerprint density at radius 2 is 1.29 bits per heavy atom. The van der Waals surface area contributed by atoms with Gasteiger partial charge in [0.15, 0.2) is 0 Å². The maximum atomic E-state index is 12.8. The number of methoxy groups -OCH3 is 1. The van der Waals surface area contributed by atoms with Gasteiger partial charge in [-0.25, -0.2) is 0 Å². The molecule has 0 aliphatic heterocycles. The fourth-order valence-corrected chi connectivity index (χ4v) is 4.01. The molecule has 0 saturated heterocycles. The fourth-order valence-electron chi connectivity index (χ4n) is 4.01. The summed E-state index contributed by atoms with van der Waals surface area (Å²) in [5, 5.41) is 2.30. The number of hydrogen-bond donors (Lipinski definition) is 0. The van der Waals surface area contributed by atoms with Crippen molar-refractivity contribution in [2.45, 2.75) is 19.0 Å². The molecule has 4 aromatic rings. The van der Waals surface area contributed by atoms with Gasteiger partial charge in [0.05, 0.1) is 13.0 Å². The van der Waals surface area contributed by atoms with E-state index in [4.69, 9.17) is 4.74 Å². The van der Waals surface area contributed by atoms with Crippen LogP contribution in [0.25, 0.3) is 10.8 Å². The van der Waals surface area contributed by atoms with E-state index in [1.54, 1.807) is 0 Å². The number of ether oxygens (including phenoxy) is 1. The van der Waals surface area contributed by atoms with Crippen molar-refractivity contribution in [3.63, 3.8) is 0 Å². The van der Waals surface area contributed by atoms with Crippen LogP contribution in [0, 0.1) is 0 Å². The van der Waals surface area contributed by atoms with Crippen molar-refractivity contribution in [1.82, 2.24) is 4.90 Å². The lowest BCUT2D eigenvalue weighted by molar-refractivity contribution is -0.143. The smallest absolute Gasteiger partial charge is 0.314 e. The lowest BCUT2D eigenvalue weighted by Gasteiger charge is -2.27. The monoisotopic (exact) mass is 409 g/mol. The molecule has 4 rings (SSSR count). The van der Waals surface area contributed by atoms with Gasteiger partial charge in [0.2, 0.25) is 0 Å². The van der Waals surface area contributed by atoms with E-state index < -0.39 is 0 Å². The molecule has 0 aromatic heterocycles. The minimum atomic E-state index is -0.359. The van der Waals surface area contributed by atoms with Crippen LogP contribution in [0.15, 0.2) is 103 Å². The van der Waals surface area contributed by atoms with Crippen LogP contribution in [0.1, 0.15) is 22.6 Å². The van der Waals surface area contributed by atoms with Crippen molar-refractivity contribution in [3.8, 4) is 0 Å². The Morgan fingerprint density at radius 3 is 1.87 bits per heavy atom. The van der Waals surface area contributed by atoms with Gasteiger partial charge in [0.1, 0.15) is 0 Å². The summed E-state index contributed by atoms with van der Waals surface area (Å²) < 4.78 is 5.21. The highest BCUT2D eigenvalue weighted by Crippen LogP contribution is 2.25. The van der Waals surface area contributed by atoms with Gasteiger partial charge >= 0.3 is 5.97 Å². The minimum Gasteiger partial charge on any atom is -0.469 e. The van der Waals surface area contributed by atoms with Crippen molar-refractivity contribution in [2.75, 3.05) is 13.7 Å². The average Bonchev–Trinajstić information content (AvgIpc) is 2.83. The summed E-state index contributed by atoms with van der Waals surface area (Å²) in [6, 6.07) is 35.2. The Kier molecular flexibility index (Phi) is 6.75. The normalized spacial score (nSPS) is 12.1. The van der Waals surface area contributed by atoms with Crippen LogP contribution in [0.5, 0.6) is 0 Å². The summed E-state index contributed by atoms with van der Waals surface area (Å²) in [5.74, 6) is -0.566. The van der Waals surface area contributed by atoms with Crippen LogP contribution >= 0.6 is 0 Å². The van der Waals surface area contributed by atoms with Crippen molar-refractivity contribution in [3.05, 3.63) is 120 Å². The molecule has 0 aliphatic rings. The number of esters is 1. The Balaban J connectivity index is 1.64. The number of benzene rings is 4. The molecule has 156 valence electrons. The van der Waals surface area contributed by atoms with Crippen molar-refractivity contribution < 1.29 is 9.53 Å². The predicted octanol–water partition coefficient (Wildman–Crippen LogP) is 5.80. The van der Waals surface area contributed by atoms with E-state index in [2.05, 4.69) is 77.7 Å². The van der Waals surface area contributed by atoms with E-state index in [0.717, 1.165) is 24.0 Å². The topological polar surface area (TPSA) is 29.5 Å². The zero-order valence-electron chi connectivity index (χ0n) is 17.8. The molecule has 3 heteroatoms. The summed E-state index contributed by atoms with van der Waals surface area (Å²) >= 11 is 0. The van der Waals surface area contributed by atoms with Gasteiger partial charge in [0.25, 0.3) is 0 Å². The summed E-state index contributed by atoms with van der Waals surface area (Å²) in [6.07, 6.45) is 0. The lowest BCUT2D eigenvalue weighted by Crippen LogP contribution is -2.32. The molecule has 0 saturated carbocycles. The first-order chi connectivity index (χ1) is 15.2. The minimum absolute atomic E-state index is 0.207. The second kappa shape index (κ2) is 10.1. The van der Waals surface area contributed by atoms with E-state index in [1.807, 2.05) is 30.3 Å². The SMILES string of the molecule is COC(=O)[C@H](CN(Cc1ccccc1)Cc1ccccc1)c1ccc2ccccc2c1. The quantitative estimate of drug-likeness (QED) is 0.345. The highest BCUT2D eigenvalue weighted by atomic mass is 16.5. The van der Waals surface area contributed by atoms with Gasteiger partial charge in [-0.05, 0) is 27.5 Å². The predicted molar refractivity (Wildman–Crippen MR) is 126 cm³/mol.